The number of H-pyrrole nitrogens is 1. The molecule has 2 aromatic carbocycles. The standard InChI is InChI=1S/C23H23N3O4/c1-14-2-4-18-17(10-14)15(13-25-18)6-7-24-19-12-22(27)26(23(19)28)16-3-5-20-21(11-16)30-9-8-29-20/h2-5,10-11,13,19,24-25H,6-9,12H2,1H3/t19-/m1/s1. The quantitative estimate of drug-likeness (QED) is 0.638. The summed E-state index contributed by atoms with van der Waals surface area (Å²) in [5.41, 5.74) is 4.03. The number of benzene rings is 2. The molecule has 0 saturated carbocycles. The van der Waals surface area contributed by atoms with Gasteiger partial charge in [0.1, 0.15) is 13.2 Å². The number of anilines is 1. The van der Waals surface area contributed by atoms with Gasteiger partial charge >= 0.3 is 0 Å². The van der Waals surface area contributed by atoms with Crippen LogP contribution in [-0.4, -0.2) is 42.6 Å². The Balaban J connectivity index is 1.26. The van der Waals surface area contributed by atoms with Crippen LogP contribution in [0.1, 0.15) is 17.5 Å². The lowest BCUT2D eigenvalue weighted by Gasteiger charge is -2.21. The molecule has 0 radical (unpaired) electrons. The fourth-order valence-corrected chi connectivity index (χ4v) is 4.11. The molecule has 5 rings (SSSR count). The van der Waals surface area contributed by atoms with Crippen LogP contribution < -0.4 is 19.7 Å². The number of nitrogens with one attached hydrogen (secondary N) is 2. The van der Waals surface area contributed by atoms with Gasteiger partial charge in [0.05, 0.1) is 18.2 Å². The molecule has 0 bridgehead atoms. The van der Waals surface area contributed by atoms with Crippen molar-refractivity contribution in [2.45, 2.75) is 25.8 Å². The number of amides is 2. The van der Waals surface area contributed by atoms with Gasteiger partial charge in [-0.05, 0) is 43.2 Å². The molecule has 2 N–H and O–H groups in total. The predicted molar refractivity (Wildman–Crippen MR) is 113 cm³/mol. The van der Waals surface area contributed by atoms with Gasteiger partial charge in [0.25, 0.3) is 5.91 Å². The summed E-state index contributed by atoms with van der Waals surface area (Å²) in [5, 5.41) is 4.46. The van der Waals surface area contributed by atoms with E-state index in [0.29, 0.717) is 36.9 Å². The van der Waals surface area contributed by atoms with E-state index in [-0.39, 0.29) is 18.2 Å². The Bertz CT molecular complexity index is 1140. The van der Waals surface area contributed by atoms with Gasteiger partial charge in [0.15, 0.2) is 11.5 Å². The third-order valence-corrected chi connectivity index (χ3v) is 5.64. The number of carbonyl (C=O) groups excluding carboxylic acids is 2. The molecule has 0 aliphatic carbocycles. The third-order valence-electron chi connectivity index (χ3n) is 5.64. The van der Waals surface area contributed by atoms with Crippen LogP contribution in [-0.2, 0) is 16.0 Å². The van der Waals surface area contributed by atoms with E-state index < -0.39 is 6.04 Å². The number of aryl methyl sites for hydroxylation is 1. The number of carbonyl (C=O) groups is 2. The normalized spacial score (nSPS) is 18.4. The smallest absolute Gasteiger partial charge is 0.251 e. The van der Waals surface area contributed by atoms with Gasteiger partial charge in [-0.3, -0.25) is 9.59 Å². The van der Waals surface area contributed by atoms with Crippen molar-refractivity contribution in [1.29, 1.82) is 0 Å². The minimum atomic E-state index is -0.516. The fourth-order valence-electron chi connectivity index (χ4n) is 4.11. The Morgan fingerprint density at radius 2 is 1.93 bits per heavy atom. The zero-order chi connectivity index (χ0) is 20.7. The average molecular weight is 405 g/mol. The van der Waals surface area contributed by atoms with Crippen molar-refractivity contribution >= 4 is 28.4 Å². The molecule has 2 aliphatic heterocycles. The summed E-state index contributed by atoms with van der Waals surface area (Å²) < 4.78 is 11.1. The van der Waals surface area contributed by atoms with Crippen molar-refractivity contribution in [3.63, 3.8) is 0 Å². The Morgan fingerprint density at radius 1 is 1.10 bits per heavy atom. The molecule has 1 saturated heterocycles. The number of aromatic nitrogens is 1. The highest BCUT2D eigenvalue weighted by atomic mass is 16.6. The van der Waals surface area contributed by atoms with Crippen molar-refractivity contribution in [1.82, 2.24) is 10.3 Å². The zero-order valence-electron chi connectivity index (χ0n) is 16.7. The summed E-state index contributed by atoms with van der Waals surface area (Å²) >= 11 is 0. The number of aromatic amines is 1. The summed E-state index contributed by atoms with van der Waals surface area (Å²) in [6.07, 6.45) is 2.93. The Kier molecular flexibility index (Phi) is 4.67. The Hall–Kier alpha value is -3.32. The van der Waals surface area contributed by atoms with Crippen LogP contribution in [0.25, 0.3) is 10.9 Å². The maximum Gasteiger partial charge on any atom is 0.251 e. The first-order chi connectivity index (χ1) is 14.6. The molecular weight excluding hydrogens is 382 g/mol. The molecule has 1 fully saturated rings. The number of nitrogens with zero attached hydrogens (tertiary/aromatic N) is 1. The highest BCUT2D eigenvalue weighted by Crippen LogP contribution is 2.35. The van der Waals surface area contributed by atoms with Crippen molar-refractivity contribution in [2.24, 2.45) is 0 Å². The summed E-state index contributed by atoms with van der Waals surface area (Å²) in [6, 6.07) is 11.0. The topological polar surface area (TPSA) is 83.7 Å². The molecule has 1 atom stereocenters. The monoisotopic (exact) mass is 405 g/mol. The summed E-state index contributed by atoms with van der Waals surface area (Å²) in [6.45, 7) is 3.63. The highest BCUT2D eigenvalue weighted by Gasteiger charge is 2.39. The lowest BCUT2D eigenvalue weighted by atomic mass is 10.1. The van der Waals surface area contributed by atoms with E-state index >= 15 is 0 Å². The van der Waals surface area contributed by atoms with E-state index in [4.69, 9.17) is 9.47 Å². The predicted octanol–water partition coefficient (Wildman–Crippen LogP) is 2.71. The second-order valence-corrected chi connectivity index (χ2v) is 7.72. The van der Waals surface area contributed by atoms with Gasteiger partial charge in [-0.25, -0.2) is 4.90 Å². The molecular formula is C23H23N3O4. The molecule has 2 aliphatic rings. The lowest BCUT2D eigenvalue weighted by Crippen LogP contribution is -2.39. The minimum absolute atomic E-state index is 0.153. The molecule has 2 amide bonds. The maximum atomic E-state index is 12.9. The molecule has 7 heteroatoms. The van der Waals surface area contributed by atoms with E-state index in [0.717, 1.165) is 11.9 Å². The minimum Gasteiger partial charge on any atom is -0.486 e. The van der Waals surface area contributed by atoms with Crippen LogP contribution in [0.5, 0.6) is 11.5 Å². The first-order valence-electron chi connectivity index (χ1n) is 10.2. The van der Waals surface area contributed by atoms with Gasteiger partial charge in [-0.2, -0.15) is 0 Å². The van der Waals surface area contributed by atoms with Crippen molar-refractivity contribution in [2.75, 3.05) is 24.7 Å². The lowest BCUT2D eigenvalue weighted by molar-refractivity contribution is -0.121. The van der Waals surface area contributed by atoms with E-state index in [1.54, 1.807) is 18.2 Å². The first kappa shape index (κ1) is 18.7. The van der Waals surface area contributed by atoms with Crippen molar-refractivity contribution < 1.29 is 19.1 Å². The average Bonchev–Trinajstić information content (AvgIpc) is 3.27. The molecule has 1 aromatic heterocycles. The maximum absolute atomic E-state index is 12.9. The van der Waals surface area contributed by atoms with Gasteiger partial charge in [-0.1, -0.05) is 11.6 Å². The van der Waals surface area contributed by atoms with E-state index in [2.05, 4.69) is 35.4 Å². The SMILES string of the molecule is Cc1ccc2[nH]cc(CCN[C@@H]3CC(=O)N(c4ccc5c(c4)OCCO5)C3=O)c2c1. The molecule has 7 nitrogen and oxygen atoms in total. The number of hydrogen-bond donors (Lipinski definition) is 2. The molecule has 3 aromatic rings. The van der Waals surface area contributed by atoms with Crippen molar-refractivity contribution in [3.05, 3.63) is 53.7 Å². The molecule has 3 heterocycles. The fraction of sp³-hybridized carbons (Fsp3) is 0.304. The Morgan fingerprint density at radius 3 is 2.80 bits per heavy atom. The largest absolute Gasteiger partial charge is 0.486 e. The van der Waals surface area contributed by atoms with Crippen LogP contribution in [0.4, 0.5) is 5.69 Å². The number of ether oxygens (including phenoxy) is 2. The zero-order valence-corrected chi connectivity index (χ0v) is 16.7. The van der Waals surface area contributed by atoms with E-state index in [9.17, 15) is 9.59 Å². The molecule has 0 spiro atoms. The van der Waals surface area contributed by atoms with Gasteiger partial charge in [-0.15, -0.1) is 0 Å². The van der Waals surface area contributed by atoms with Crippen LogP contribution in [0.15, 0.2) is 42.6 Å². The van der Waals surface area contributed by atoms with Crippen LogP contribution in [0.2, 0.25) is 0 Å². The summed E-state index contributed by atoms with van der Waals surface area (Å²) in [7, 11) is 0. The number of imide groups is 1. The van der Waals surface area contributed by atoms with Crippen molar-refractivity contribution in [3.8, 4) is 11.5 Å². The first-order valence-corrected chi connectivity index (χ1v) is 10.2. The van der Waals surface area contributed by atoms with Gasteiger partial charge < -0.3 is 19.8 Å². The van der Waals surface area contributed by atoms with Gasteiger partial charge in [0, 0.05) is 29.7 Å². The summed E-state index contributed by atoms with van der Waals surface area (Å²) in [4.78, 5) is 30.0. The van der Waals surface area contributed by atoms with Gasteiger partial charge in [0.2, 0.25) is 5.91 Å². The third kappa shape index (κ3) is 3.31. The number of rotatable bonds is 5. The van der Waals surface area contributed by atoms with Crippen LogP contribution in [0, 0.1) is 6.92 Å². The Labute approximate surface area is 174 Å². The van der Waals surface area contributed by atoms with E-state index in [1.165, 1.54) is 21.4 Å². The highest BCUT2D eigenvalue weighted by molar-refractivity contribution is 6.22. The molecule has 30 heavy (non-hydrogen) atoms. The summed E-state index contributed by atoms with van der Waals surface area (Å²) in [5.74, 6) is 0.751. The number of fused-ring (bicyclic) bond motifs is 2. The molecule has 0 unspecified atom stereocenters. The molecule has 154 valence electrons. The second-order valence-electron chi connectivity index (χ2n) is 7.72. The second kappa shape index (κ2) is 7.50. The van der Waals surface area contributed by atoms with Crippen LogP contribution in [0.3, 0.4) is 0 Å². The van der Waals surface area contributed by atoms with Crippen LogP contribution >= 0.6 is 0 Å². The van der Waals surface area contributed by atoms with E-state index in [1.807, 2.05) is 6.20 Å². The number of hydrogen-bond acceptors (Lipinski definition) is 5.